The number of nitrogens with one attached hydrogen (secondary N) is 1. The summed E-state index contributed by atoms with van der Waals surface area (Å²) in [4.78, 5) is 11.7. The van der Waals surface area contributed by atoms with Gasteiger partial charge in [-0.15, -0.1) is 0 Å². The summed E-state index contributed by atoms with van der Waals surface area (Å²) in [5.74, 6) is 0.145. The Balaban J connectivity index is 1.77. The second-order valence-electron chi connectivity index (χ2n) is 4.79. The van der Waals surface area contributed by atoms with E-state index in [0.717, 1.165) is 5.56 Å². The van der Waals surface area contributed by atoms with Crippen LogP contribution in [-0.4, -0.2) is 31.9 Å². The molecule has 0 aromatic heterocycles. The van der Waals surface area contributed by atoms with Crippen LogP contribution < -0.4 is 5.32 Å². The molecule has 1 aliphatic rings. The van der Waals surface area contributed by atoms with Gasteiger partial charge in [0.05, 0.1) is 11.5 Å². The van der Waals surface area contributed by atoms with Crippen LogP contribution in [0, 0.1) is 0 Å². The molecule has 6 heteroatoms. The van der Waals surface area contributed by atoms with E-state index < -0.39 is 9.84 Å². The number of carbonyl (C=O) groups is 1. The highest BCUT2D eigenvalue weighted by Crippen LogP contribution is 2.13. The van der Waals surface area contributed by atoms with E-state index in [-0.39, 0.29) is 23.5 Å². The number of carbonyl (C=O) groups excluding carboxylic acids is 1. The first-order chi connectivity index (χ1) is 8.94. The SMILES string of the molecule is O=C(CCc1ccc(Cl)cc1)NC1CCS(=O)(=O)C1. The van der Waals surface area contributed by atoms with Gasteiger partial charge in [-0.3, -0.25) is 4.79 Å². The quantitative estimate of drug-likeness (QED) is 0.918. The van der Waals surface area contributed by atoms with Crippen LogP contribution >= 0.6 is 11.6 Å². The highest BCUT2D eigenvalue weighted by molar-refractivity contribution is 7.91. The molecule has 0 radical (unpaired) electrons. The lowest BCUT2D eigenvalue weighted by molar-refractivity contribution is -0.121. The van der Waals surface area contributed by atoms with Gasteiger partial charge in [-0.2, -0.15) is 0 Å². The van der Waals surface area contributed by atoms with Crippen molar-refractivity contribution in [3.63, 3.8) is 0 Å². The largest absolute Gasteiger partial charge is 0.352 e. The molecular weight excluding hydrogens is 286 g/mol. The molecule has 2 rings (SSSR count). The Morgan fingerprint density at radius 3 is 2.58 bits per heavy atom. The van der Waals surface area contributed by atoms with Crippen molar-refractivity contribution in [2.24, 2.45) is 0 Å². The zero-order valence-corrected chi connectivity index (χ0v) is 12.0. The van der Waals surface area contributed by atoms with Gasteiger partial charge in [0.25, 0.3) is 0 Å². The normalized spacial score (nSPS) is 21.2. The lowest BCUT2D eigenvalue weighted by Crippen LogP contribution is -2.35. The molecule has 4 nitrogen and oxygen atoms in total. The second kappa shape index (κ2) is 5.92. The van der Waals surface area contributed by atoms with E-state index in [2.05, 4.69) is 5.32 Å². The Hall–Kier alpha value is -1.07. The molecule has 1 atom stereocenters. The minimum absolute atomic E-state index is 0.0691. The van der Waals surface area contributed by atoms with Gasteiger partial charge in [0.1, 0.15) is 0 Å². The lowest BCUT2D eigenvalue weighted by Gasteiger charge is -2.10. The molecule has 1 aromatic carbocycles. The van der Waals surface area contributed by atoms with E-state index in [0.29, 0.717) is 24.3 Å². The topological polar surface area (TPSA) is 63.2 Å². The fraction of sp³-hybridized carbons (Fsp3) is 0.462. The van der Waals surface area contributed by atoms with E-state index >= 15 is 0 Å². The van der Waals surface area contributed by atoms with Crippen molar-refractivity contribution < 1.29 is 13.2 Å². The molecule has 0 saturated carbocycles. The number of sulfone groups is 1. The van der Waals surface area contributed by atoms with Gasteiger partial charge < -0.3 is 5.32 Å². The molecule has 104 valence electrons. The molecule has 1 amide bonds. The maximum atomic E-state index is 11.7. The van der Waals surface area contributed by atoms with Crippen LogP contribution in [0.1, 0.15) is 18.4 Å². The smallest absolute Gasteiger partial charge is 0.220 e. The Bertz CT molecular complexity index is 554. The summed E-state index contributed by atoms with van der Waals surface area (Å²) >= 11 is 5.78. The first-order valence-electron chi connectivity index (χ1n) is 6.19. The van der Waals surface area contributed by atoms with Gasteiger partial charge in [0, 0.05) is 17.5 Å². The summed E-state index contributed by atoms with van der Waals surface area (Å²) in [5, 5.41) is 3.44. The van der Waals surface area contributed by atoms with E-state index in [4.69, 9.17) is 11.6 Å². The van der Waals surface area contributed by atoms with Crippen LogP contribution in [-0.2, 0) is 21.1 Å². The molecule has 19 heavy (non-hydrogen) atoms. The van der Waals surface area contributed by atoms with Crippen molar-refractivity contribution >= 4 is 27.3 Å². The van der Waals surface area contributed by atoms with Crippen molar-refractivity contribution in [1.82, 2.24) is 5.32 Å². The predicted molar refractivity (Wildman–Crippen MR) is 75.0 cm³/mol. The molecule has 0 bridgehead atoms. The molecule has 1 aliphatic heterocycles. The van der Waals surface area contributed by atoms with E-state index in [1.54, 1.807) is 12.1 Å². The molecule has 0 spiro atoms. The van der Waals surface area contributed by atoms with Crippen LogP contribution in [0.4, 0.5) is 0 Å². The molecule has 1 aromatic rings. The number of benzene rings is 1. The van der Waals surface area contributed by atoms with Crippen molar-refractivity contribution in [2.45, 2.75) is 25.3 Å². The average Bonchev–Trinajstić information content (AvgIpc) is 2.68. The Kier molecular flexibility index (Phi) is 4.47. The zero-order chi connectivity index (χ0) is 13.9. The average molecular weight is 302 g/mol. The van der Waals surface area contributed by atoms with Crippen molar-refractivity contribution in [2.75, 3.05) is 11.5 Å². The third-order valence-corrected chi connectivity index (χ3v) is 5.17. The van der Waals surface area contributed by atoms with E-state index in [1.165, 1.54) is 0 Å². The van der Waals surface area contributed by atoms with Gasteiger partial charge in [-0.25, -0.2) is 8.42 Å². The van der Waals surface area contributed by atoms with Crippen LogP contribution in [0.25, 0.3) is 0 Å². The molecule has 1 fully saturated rings. The summed E-state index contributed by atoms with van der Waals surface area (Å²) in [6.07, 6.45) is 1.51. The second-order valence-corrected chi connectivity index (χ2v) is 7.46. The molecule has 1 heterocycles. The predicted octanol–water partition coefficient (Wildman–Crippen LogP) is 1.58. The van der Waals surface area contributed by atoms with Gasteiger partial charge in [-0.1, -0.05) is 23.7 Å². The standard InChI is InChI=1S/C13H16ClNO3S/c14-11-4-1-10(2-5-11)3-6-13(16)15-12-7-8-19(17,18)9-12/h1-2,4-5,12H,3,6-9H2,(H,15,16). The minimum Gasteiger partial charge on any atom is -0.352 e. The summed E-state index contributed by atoms with van der Waals surface area (Å²) < 4.78 is 22.5. The maximum Gasteiger partial charge on any atom is 0.220 e. The van der Waals surface area contributed by atoms with Crippen LogP contribution in [0.2, 0.25) is 5.02 Å². The molecule has 0 aliphatic carbocycles. The molecular formula is C13H16ClNO3S. The molecule has 1 saturated heterocycles. The lowest BCUT2D eigenvalue weighted by atomic mass is 10.1. The monoisotopic (exact) mass is 301 g/mol. The summed E-state index contributed by atoms with van der Waals surface area (Å²) in [5.41, 5.74) is 1.04. The minimum atomic E-state index is -2.94. The number of hydrogen-bond acceptors (Lipinski definition) is 3. The van der Waals surface area contributed by atoms with E-state index in [9.17, 15) is 13.2 Å². The molecule has 1 unspecified atom stereocenters. The number of hydrogen-bond donors (Lipinski definition) is 1. The summed E-state index contributed by atoms with van der Waals surface area (Å²) in [6, 6.07) is 7.13. The number of halogens is 1. The van der Waals surface area contributed by atoms with Gasteiger partial charge in [-0.05, 0) is 30.5 Å². The van der Waals surface area contributed by atoms with Crippen LogP contribution in [0.15, 0.2) is 24.3 Å². The van der Waals surface area contributed by atoms with Crippen LogP contribution in [0.5, 0.6) is 0 Å². The number of rotatable bonds is 4. The highest BCUT2D eigenvalue weighted by Gasteiger charge is 2.28. The summed E-state index contributed by atoms with van der Waals surface area (Å²) in [7, 11) is -2.94. The fourth-order valence-corrected chi connectivity index (χ4v) is 3.92. The number of amides is 1. The summed E-state index contributed by atoms with van der Waals surface area (Å²) in [6.45, 7) is 0. The first-order valence-corrected chi connectivity index (χ1v) is 8.39. The fourth-order valence-electron chi connectivity index (χ4n) is 2.12. The Morgan fingerprint density at radius 2 is 2.00 bits per heavy atom. The van der Waals surface area contributed by atoms with E-state index in [1.807, 2.05) is 12.1 Å². The molecule has 1 N–H and O–H groups in total. The highest BCUT2D eigenvalue weighted by atomic mass is 35.5. The third-order valence-electron chi connectivity index (χ3n) is 3.15. The van der Waals surface area contributed by atoms with Crippen molar-refractivity contribution in [3.05, 3.63) is 34.9 Å². The van der Waals surface area contributed by atoms with Crippen molar-refractivity contribution in [1.29, 1.82) is 0 Å². The Morgan fingerprint density at radius 1 is 1.32 bits per heavy atom. The first kappa shape index (κ1) is 14.3. The Labute approximate surface area is 118 Å². The maximum absolute atomic E-state index is 11.7. The number of aryl methyl sites for hydroxylation is 1. The zero-order valence-electron chi connectivity index (χ0n) is 10.4. The van der Waals surface area contributed by atoms with Gasteiger partial charge in [0.15, 0.2) is 9.84 Å². The van der Waals surface area contributed by atoms with Crippen molar-refractivity contribution in [3.8, 4) is 0 Å². The van der Waals surface area contributed by atoms with Gasteiger partial charge in [0.2, 0.25) is 5.91 Å². The third kappa shape index (κ3) is 4.51. The van der Waals surface area contributed by atoms with Gasteiger partial charge >= 0.3 is 0 Å². The van der Waals surface area contributed by atoms with Crippen LogP contribution in [0.3, 0.4) is 0 Å².